The second kappa shape index (κ2) is 6.48. The minimum atomic E-state index is 0.151. The van der Waals surface area contributed by atoms with Gasteiger partial charge in [0.2, 0.25) is 0 Å². The fraction of sp³-hybridized carbons (Fsp3) is 0.250. The molecule has 0 N–H and O–H groups in total. The van der Waals surface area contributed by atoms with Gasteiger partial charge in [0.15, 0.2) is 0 Å². The molecule has 2 aromatic rings. The Morgan fingerprint density at radius 1 is 0.947 bits per heavy atom. The van der Waals surface area contributed by atoms with Crippen LogP contribution in [0, 0.1) is 0 Å². The van der Waals surface area contributed by atoms with Gasteiger partial charge in [0.1, 0.15) is 17.2 Å². The molecule has 19 heavy (non-hydrogen) atoms. The van der Waals surface area contributed by atoms with Gasteiger partial charge in [-0.3, -0.25) is 0 Å². The molecule has 0 spiro atoms. The standard InChI is InChI=1S/C16H17ClO2/c1-12(2)18-15-4-3-5-16(10-15)19-14-8-6-13(11-17)7-9-14/h3-10,12H,11H2,1-2H3. The van der Waals surface area contributed by atoms with Crippen LogP contribution in [0.3, 0.4) is 0 Å². The summed E-state index contributed by atoms with van der Waals surface area (Å²) in [5.41, 5.74) is 1.07. The third kappa shape index (κ3) is 4.18. The molecule has 0 saturated carbocycles. The highest BCUT2D eigenvalue weighted by Crippen LogP contribution is 2.26. The van der Waals surface area contributed by atoms with Gasteiger partial charge in [-0.05, 0) is 43.7 Å². The maximum absolute atomic E-state index is 5.78. The van der Waals surface area contributed by atoms with Gasteiger partial charge in [0.25, 0.3) is 0 Å². The third-order valence-corrected chi connectivity index (χ3v) is 2.80. The van der Waals surface area contributed by atoms with Gasteiger partial charge in [-0.2, -0.15) is 0 Å². The average molecular weight is 277 g/mol. The molecule has 0 aliphatic heterocycles. The van der Waals surface area contributed by atoms with Crippen LogP contribution in [-0.2, 0) is 5.88 Å². The number of alkyl halides is 1. The summed E-state index contributed by atoms with van der Waals surface area (Å²) in [4.78, 5) is 0. The van der Waals surface area contributed by atoms with Crippen LogP contribution in [0.4, 0.5) is 0 Å². The monoisotopic (exact) mass is 276 g/mol. The van der Waals surface area contributed by atoms with Crippen LogP contribution in [0.1, 0.15) is 19.4 Å². The second-order valence-electron chi connectivity index (χ2n) is 4.52. The third-order valence-electron chi connectivity index (χ3n) is 2.49. The van der Waals surface area contributed by atoms with E-state index in [2.05, 4.69) is 0 Å². The van der Waals surface area contributed by atoms with Crippen LogP contribution in [0.25, 0.3) is 0 Å². The molecular formula is C16H17ClO2. The van der Waals surface area contributed by atoms with E-state index >= 15 is 0 Å². The predicted octanol–water partition coefficient (Wildman–Crippen LogP) is 5.00. The van der Waals surface area contributed by atoms with E-state index in [9.17, 15) is 0 Å². The van der Waals surface area contributed by atoms with Crippen molar-refractivity contribution >= 4 is 11.6 Å². The maximum atomic E-state index is 5.78. The Labute approximate surface area is 118 Å². The summed E-state index contributed by atoms with van der Waals surface area (Å²) in [6.45, 7) is 4.00. The van der Waals surface area contributed by atoms with Crippen LogP contribution in [-0.4, -0.2) is 6.10 Å². The molecule has 0 amide bonds. The highest BCUT2D eigenvalue weighted by Gasteiger charge is 2.02. The summed E-state index contributed by atoms with van der Waals surface area (Å²) in [5, 5.41) is 0. The normalized spacial score (nSPS) is 10.5. The molecule has 0 aliphatic carbocycles. The molecule has 100 valence electrons. The molecule has 0 aliphatic rings. The lowest BCUT2D eigenvalue weighted by atomic mass is 10.2. The lowest BCUT2D eigenvalue weighted by Gasteiger charge is -2.11. The SMILES string of the molecule is CC(C)Oc1cccc(Oc2ccc(CCl)cc2)c1. The number of ether oxygens (including phenoxy) is 2. The summed E-state index contributed by atoms with van der Waals surface area (Å²) in [7, 11) is 0. The first-order valence-electron chi connectivity index (χ1n) is 6.27. The van der Waals surface area contributed by atoms with Crippen LogP contribution in [0.5, 0.6) is 17.2 Å². The summed E-state index contributed by atoms with van der Waals surface area (Å²) >= 11 is 5.75. The first-order valence-corrected chi connectivity index (χ1v) is 6.80. The fourth-order valence-corrected chi connectivity index (χ4v) is 1.84. The minimum Gasteiger partial charge on any atom is -0.491 e. The predicted molar refractivity (Wildman–Crippen MR) is 78.3 cm³/mol. The van der Waals surface area contributed by atoms with E-state index in [0.29, 0.717) is 5.88 Å². The van der Waals surface area contributed by atoms with Crippen molar-refractivity contribution in [3.63, 3.8) is 0 Å². The Hall–Kier alpha value is -1.67. The number of benzene rings is 2. The van der Waals surface area contributed by atoms with E-state index in [4.69, 9.17) is 21.1 Å². The molecule has 0 unspecified atom stereocenters. The van der Waals surface area contributed by atoms with Gasteiger partial charge < -0.3 is 9.47 Å². The smallest absolute Gasteiger partial charge is 0.131 e. The van der Waals surface area contributed by atoms with Crippen LogP contribution in [0.2, 0.25) is 0 Å². The molecule has 2 aromatic carbocycles. The number of rotatable bonds is 5. The average Bonchev–Trinajstić information content (AvgIpc) is 2.39. The van der Waals surface area contributed by atoms with Crippen LogP contribution >= 0.6 is 11.6 Å². The van der Waals surface area contributed by atoms with Crippen molar-refractivity contribution in [2.24, 2.45) is 0 Å². The van der Waals surface area contributed by atoms with Crippen LogP contribution in [0.15, 0.2) is 48.5 Å². The zero-order valence-corrected chi connectivity index (χ0v) is 11.9. The molecule has 0 saturated heterocycles. The largest absolute Gasteiger partial charge is 0.491 e. The van der Waals surface area contributed by atoms with Gasteiger partial charge in [0, 0.05) is 11.9 Å². The molecule has 0 bridgehead atoms. The number of hydrogen-bond donors (Lipinski definition) is 0. The molecule has 2 rings (SSSR count). The summed E-state index contributed by atoms with van der Waals surface area (Å²) in [5.74, 6) is 2.87. The topological polar surface area (TPSA) is 18.5 Å². The van der Waals surface area contributed by atoms with Gasteiger partial charge in [-0.25, -0.2) is 0 Å². The van der Waals surface area contributed by atoms with E-state index < -0.39 is 0 Å². The Balaban J connectivity index is 2.09. The van der Waals surface area contributed by atoms with Crippen molar-refractivity contribution in [1.82, 2.24) is 0 Å². The maximum Gasteiger partial charge on any atom is 0.131 e. The Bertz CT molecular complexity index is 521. The van der Waals surface area contributed by atoms with Crippen molar-refractivity contribution < 1.29 is 9.47 Å². The van der Waals surface area contributed by atoms with Crippen molar-refractivity contribution in [3.05, 3.63) is 54.1 Å². The molecular weight excluding hydrogens is 260 g/mol. The van der Waals surface area contributed by atoms with Crippen LogP contribution < -0.4 is 9.47 Å². The quantitative estimate of drug-likeness (QED) is 0.715. The van der Waals surface area contributed by atoms with E-state index in [1.54, 1.807) is 0 Å². The van der Waals surface area contributed by atoms with Gasteiger partial charge in [-0.15, -0.1) is 11.6 Å². The summed E-state index contributed by atoms with van der Waals surface area (Å²) < 4.78 is 11.4. The summed E-state index contributed by atoms with van der Waals surface area (Å²) in [6, 6.07) is 15.4. The molecule has 0 atom stereocenters. The Morgan fingerprint density at radius 3 is 2.26 bits per heavy atom. The van der Waals surface area contributed by atoms with E-state index in [1.807, 2.05) is 62.4 Å². The van der Waals surface area contributed by atoms with Crippen molar-refractivity contribution in [2.45, 2.75) is 25.8 Å². The molecule has 0 aromatic heterocycles. The highest BCUT2D eigenvalue weighted by atomic mass is 35.5. The van der Waals surface area contributed by atoms with Crippen molar-refractivity contribution in [3.8, 4) is 17.2 Å². The molecule has 0 heterocycles. The molecule has 0 fully saturated rings. The van der Waals surface area contributed by atoms with Gasteiger partial charge in [-0.1, -0.05) is 18.2 Å². The first-order chi connectivity index (χ1) is 9.17. The van der Waals surface area contributed by atoms with E-state index in [0.717, 1.165) is 22.8 Å². The fourth-order valence-electron chi connectivity index (χ4n) is 1.67. The molecule has 2 nitrogen and oxygen atoms in total. The lowest BCUT2D eigenvalue weighted by Crippen LogP contribution is -2.05. The zero-order valence-electron chi connectivity index (χ0n) is 11.1. The second-order valence-corrected chi connectivity index (χ2v) is 4.79. The lowest BCUT2D eigenvalue weighted by molar-refractivity contribution is 0.241. The number of halogens is 1. The Morgan fingerprint density at radius 2 is 1.63 bits per heavy atom. The number of hydrogen-bond acceptors (Lipinski definition) is 2. The highest BCUT2D eigenvalue weighted by molar-refractivity contribution is 6.17. The molecule has 3 heteroatoms. The van der Waals surface area contributed by atoms with E-state index in [-0.39, 0.29) is 6.10 Å². The summed E-state index contributed by atoms with van der Waals surface area (Å²) in [6.07, 6.45) is 0.151. The van der Waals surface area contributed by atoms with Gasteiger partial charge in [0.05, 0.1) is 6.10 Å². The first kappa shape index (κ1) is 13.8. The van der Waals surface area contributed by atoms with Gasteiger partial charge >= 0.3 is 0 Å². The van der Waals surface area contributed by atoms with Crippen molar-refractivity contribution in [1.29, 1.82) is 0 Å². The zero-order chi connectivity index (χ0) is 13.7. The van der Waals surface area contributed by atoms with Crippen molar-refractivity contribution in [2.75, 3.05) is 0 Å². The Kier molecular flexibility index (Phi) is 4.69. The molecule has 0 radical (unpaired) electrons. The van der Waals surface area contributed by atoms with E-state index in [1.165, 1.54) is 0 Å². The minimum absolute atomic E-state index is 0.151.